The molecule has 0 aliphatic heterocycles. The summed E-state index contributed by atoms with van der Waals surface area (Å²) in [6, 6.07) is 3.57. The zero-order chi connectivity index (χ0) is 12.5. The van der Waals surface area contributed by atoms with Crippen LogP contribution in [-0.4, -0.2) is 25.9 Å². The van der Waals surface area contributed by atoms with E-state index in [1.54, 1.807) is 30.7 Å². The molecule has 2 aromatic rings. The summed E-state index contributed by atoms with van der Waals surface area (Å²) in [6.07, 6.45) is 5.77. The number of carbonyl (C=O) groups is 1. The van der Waals surface area contributed by atoms with Crippen molar-refractivity contribution in [1.29, 1.82) is 0 Å². The van der Waals surface area contributed by atoms with Crippen LogP contribution in [0.5, 0.6) is 0 Å². The highest BCUT2D eigenvalue weighted by Crippen LogP contribution is 2.38. The molecule has 6 nitrogen and oxygen atoms in total. The standard InChI is InChI=1S/C12H13N5O/c1-8-6-10(8)12(18)16-9-2-3-11(13-7-9)17-14-4-5-15-17/h2-5,7-8,10H,6H2,1H3,(H,16,18)/t8-,10+/m0/s1. The van der Waals surface area contributed by atoms with Gasteiger partial charge in [0, 0.05) is 5.92 Å². The molecular weight excluding hydrogens is 230 g/mol. The second-order valence-corrected chi connectivity index (χ2v) is 4.53. The highest BCUT2D eigenvalue weighted by molar-refractivity contribution is 5.94. The molecule has 0 bridgehead atoms. The van der Waals surface area contributed by atoms with Gasteiger partial charge in [-0.05, 0) is 24.5 Å². The summed E-state index contributed by atoms with van der Waals surface area (Å²) in [5, 5.41) is 10.8. The van der Waals surface area contributed by atoms with Crippen LogP contribution in [0.1, 0.15) is 13.3 Å². The van der Waals surface area contributed by atoms with Gasteiger partial charge >= 0.3 is 0 Å². The Morgan fingerprint density at radius 1 is 1.39 bits per heavy atom. The largest absolute Gasteiger partial charge is 0.324 e. The minimum atomic E-state index is 0.0780. The molecule has 1 amide bonds. The van der Waals surface area contributed by atoms with Crippen molar-refractivity contribution in [3.05, 3.63) is 30.7 Å². The molecule has 1 saturated carbocycles. The van der Waals surface area contributed by atoms with E-state index in [9.17, 15) is 4.79 Å². The molecule has 0 spiro atoms. The van der Waals surface area contributed by atoms with Crippen molar-refractivity contribution < 1.29 is 4.79 Å². The van der Waals surface area contributed by atoms with E-state index in [-0.39, 0.29) is 11.8 Å². The van der Waals surface area contributed by atoms with Crippen LogP contribution in [0.25, 0.3) is 5.82 Å². The summed E-state index contributed by atoms with van der Waals surface area (Å²) >= 11 is 0. The van der Waals surface area contributed by atoms with Gasteiger partial charge in [0.2, 0.25) is 5.91 Å². The molecule has 0 unspecified atom stereocenters. The van der Waals surface area contributed by atoms with Gasteiger partial charge in [0.1, 0.15) is 0 Å². The molecule has 2 atom stereocenters. The van der Waals surface area contributed by atoms with Crippen LogP contribution in [0.15, 0.2) is 30.7 Å². The number of nitrogens with zero attached hydrogens (tertiary/aromatic N) is 4. The fourth-order valence-electron chi connectivity index (χ4n) is 1.83. The molecule has 0 radical (unpaired) electrons. The number of carbonyl (C=O) groups excluding carboxylic acids is 1. The van der Waals surface area contributed by atoms with Crippen LogP contribution in [0.3, 0.4) is 0 Å². The Morgan fingerprint density at radius 2 is 2.11 bits per heavy atom. The lowest BCUT2D eigenvalue weighted by atomic mass is 10.3. The first-order valence-corrected chi connectivity index (χ1v) is 5.87. The number of hydrogen-bond acceptors (Lipinski definition) is 4. The maximum atomic E-state index is 11.7. The van der Waals surface area contributed by atoms with Gasteiger partial charge in [-0.1, -0.05) is 6.92 Å². The first-order valence-electron chi connectivity index (χ1n) is 5.87. The maximum absolute atomic E-state index is 11.7. The molecule has 18 heavy (non-hydrogen) atoms. The summed E-state index contributed by atoms with van der Waals surface area (Å²) in [7, 11) is 0. The Bertz CT molecular complexity index is 548. The molecule has 2 heterocycles. The third kappa shape index (κ3) is 2.09. The maximum Gasteiger partial charge on any atom is 0.227 e. The van der Waals surface area contributed by atoms with Crippen molar-refractivity contribution in [2.75, 3.05) is 5.32 Å². The number of anilines is 1. The smallest absolute Gasteiger partial charge is 0.227 e. The van der Waals surface area contributed by atoms with Crippen LogP contribution >= 0.6 is 0 Å². The van der Waals surface area contributed by atoms with E-state index in [4.69, 9.17) is 0 Å². The Hall–Kier alpha value is -2.24. The lowest BCUT2D eigenvalue weighted by Gasteiger charge is -2.04. The van der Waals surface area contributed by atoms with Gasteiger partial charge in [-0.25, -0.2) is 4.98 Å². The zero-order valence-electron chi connectivity index (χ0n) is 9.95. The molecule has 92 valence electrons. The fraction of sp³-hybridized carbons (Fsp3) is 0.333. The monoisotopic (exact) mass is 243 g/mol. The predicted molar refractivity (Wildman–Crippen MR) is 65.1 cm³/mol. The minimum Gasteiger partial charge on any atom is -0.324 e. The van der Waals surface area contributed by atoms with E-state index >= 15 is 0 Å². The normalized spacial score (nSPS) is 21.6. The van der Waals surface area contributed by atoms with Crippen LogP contribution in [0.2, 0.25) is 0 Å². The summed E-state index contributed by atoms with van der Waals surface area (Å²) in [5.74, 6) is 1.37. The number of hydrogen-bond donors (Lipinski definition) is 1. The van der Waals surface area contributed by atoms with Crippen LogP contribution in [-0.2, 0) is 4.79 Å². The molecule has 0 saturated heterocycles. The van der Waals surface area contributed by atoms with Gasteiger partial charge < -0.3 is 5.32 Å². The summed E-state index contributed by atoms with van der Waals surface area (Å²) in [5.41, 5.74) is 0.704. The first-order chi connectivity index (χ1) is 8.74. The van der Waals surface area contributed by atoms with Crippen molar-refractivity contribution in [3.63, 3.8) is 0 Å². The topological polar surface area (TPSA) is 72.7 Å². The van der Waals surface area contributed by atoms with Gasteiger partial charge in [-0.3, -0.25) is 4.79 Å². The molecule has 3 rings (SSSR count). The molecule has 2 aromatic heterocycles. The van der Waals surface area contributed by atoms with E-state index in [0.29, 0.717) is 17.4 Å². The molecule has 6 heteroatoms. The van der Waals surface area contributed by atoms with Crippen molar-refractivity contribution in [1.82, 2.24) is 20.0 Å². The second-order valence-electron chi connectivity index (χ2n) is 4.53. The zero-order valence-corrected chi connectivity index (χ0v) is 9.95. The van der Waals surface area contributed by atoms with E-state index in [1.165, 1.54) is 4.80 Å². The average Bonchev–Trinajstić information content (AvgIpc) is 2.91. The highest BCUT2D eigenvalue weighted by atomic mass is 16.2. The van der Waals surface area contributed by atoms with Gasteiger partial charge in [0.05, 0.1) is 24.3 Å². The van der Waals surface area contributed by atoms with Gasteiger partial charge in [-0.15, -0.1) is 4.80 Å². The minimum absolute atomic E-state index is 0.0780. The molecule has 1 fully saturated rings. The molecule has 1 aliphatic rings. The van der Waals surface area contributed by atoms with E-state index in [0.717, 1.165) is 6.42 Å². The lowest BCUT2D eigenvalue weighted by Crippen LogP contribution is -2.14. The van der Waals surface area contributed by atoms with E-state index in [1.807, 2.05) is 0 Å². The van der Waals surface area contributed by atoms with Crippen LogP contribution in [0.4, 0.5) is 5.69 Å². The van der Waals surface area contributed by atoms with Gasteiger partial charge in [0.15, 0.2) is 5.82 Å². The van der Waals surface area contributed by atoms with Crippen LogP contribution in [0, 0.1) is 11.8 Å². The molecule has 0 aromatic carbocycles. The Labute approximate surface area is 104 Å². The lowest BCUT2D eigenvalue weighted by molar-refractivity contribution is -0.117. The highest BCUT2D eigenvalue weighted by Gasteiger charge is 2.39. The quantitative estimate of drug-likeness (QED) is 0.880. The summed E-state index contributed by atoms with van der Waals surface area (Å²) in [4.78, 5) is 17.4. The Morgan fingerprint density at radius 3 is 2.67 bits per heavy atom. The third-order valence-electron chi connectivity index (χ3n) is 3.09. The number of rotatable bonds is 3. The Kier molecular flexibility index (Phi) is 2.55. The summed E-state index contributed by atoms with van der Waals surface area (Å²) < 4.78 is 0. The SMILES string of the molecule is C[C@H]1C[C@H]1C(=O)Nc1ccc(-n2nccn2)nc1. The number of pyridine rings is 1. The van der Waals surface area contributed by atoms with Gasteiger partial charge in [-0.2, -0.15) is 10.2 Å². The Balaban J connectivity index is 1.69. The predicted octanol–water partition coefficient (Wildman–Crippen LogP) is 1.26. The average molecular weight is 243 g/mol. The van der Waals surface area contributed by atoms with E-state index < -0.39 is 0 Å². The van der Waals surface area contributed by atoms with Gasteiger partial charge in [0.25, 0.3) is 0 Å². The first kappa shape index (κ1) is 10.9. The third-order valence-corrected chi connectivity index (χ3v) is 3.09. The fourth-order valence-corrected chi connectivity index (χ4v) is 1.83. The number of aromatic nitrogens is 4. The second kappa shape index (κ2) is 4.21. The molecule has 1 aliphatic carbocycles. The molecular formula is C12H13N5O. The van der Waals surface area contributed by atoms with Crippen molar-refractivity contribution in [2.45, 2.75) is 13.3 Å². The van der Waals surface area contributed by atoms with Crippen molar-refractivity contribution >= 4 is 11.6 Å². The number of amides is 1. The molecule has 1 N–H and O–H groups in total. The summed E-state index contributed by atoms with van der Waals surface area (Å²) in [6.45, 7) is 2.08. The number of nitrogens with one attached hydrogen (secondary N) is 1. The van der Waals surface area contributed by atoms with Crippen molar-refractivity contribution in [2.24, 2.45) is 11.8 Å². The van der Waals surface area contributed by atoms with E-state index in [2.05, 4.69) is 27.4 Å². The van der Waals surface area contributed by atoms with Crippen LogP contribution < -0.4 is 5.32 Å². The van der Waals surface area contributed by atoms with Crippen molar-refractivity contribution in [3.8, 4) is 5.82 Å².